The number of hydrogen-bond donors (Lipinski definition) is 0. The van der Waals surface area contributed by atoms with Crippen LogP contribution in [0.2, 0.25) is 0 Å². The zero-order chi connectivity index (χ0) is 21.2. The van der Waals surface area contributed by atoms with E-state index in [1.54, 1.807) is 10.9 Å². The minimum Gasteiger partial charge on any atom is -0.0882 e. The van der Waals surface area contributed by atoms with Crippen molar-refractivity contribution in [1.29, 1.82) is 0 Å². The van der Waals surface area contributed by atoms with Crippen LogP contribution in [0.1, 0.15) is 54.9 Å². The molecule has 2 aromatic rings. The molecule has 1 atom stereocenters. The predicted molar refractivity (Wildman–Crippen MR) is 136 cm³/mol. The Bertz CT molecular complexity index is 811. The average Bonchev–Trinajstić information content (AvgIpc) is 3.11. The van der Waals surface area contributed by atoms with Crippen molar-refractivity contribution in [3.8, 4) is 0 Å². The smallest absolute Gasteiger partial charge is 0.00262 e. The lowest BCUT2D eigenvalue weighted by Crippen LogP contribution is -2.31. The van der Waals surface area contributed by atoms with Crippen LogP contribution in [0.3, 0.4) is 0 Å². The van der Waals surface area contributed by atoms with Crippen molar-refractivity contribution in [3.05, 3.63) is 83.7 Å². The van der Waals surface area contributed by atoms with Crippen molar-refractivity contribution in [2.75, 3.05) is 0 Å². The van der Waals surface area contributed by atoms with Crippen molar-refractivity contribution in [2.24, 2.45) is 0 Å². The molecule has 0 N–H and O–H groups in total. The molecular formula is C27H36P2. The Morgan fingerprint density at radius 2 is 1.17 bits per heavy atom. The lowest BCUT2D eigenvalue weighted by Gasteiger charge is -2.46. The zero-order valence-electron chi connectivity index (χ0n) is 19.1. The van der Waals surface area contributed by atoms with Gasteiger partial charge < -0.3 is 0 Å². The van der Waals surface area contributed by atoms with E-state index in [0.717, 1.165) is 6.42 Å². The molecular weight excluding hydrogens is 386 g/mol. The fourth-order valence-corrected chi connectivity index (χ4v) is 12.7. The molecule has 0 radical (unpaired) electrons. The quantitative estimate of drug-likeness (QED) is 0.431. The predicted octanol–water partition coefficient (Wildman–Crippen LogP) is 7.80. The van der Waals surface area contributed by atoms with Gasteiger partial charge in [-0.15, -0.1) is 0 Å². The van der Waals surface area contributed by atoms with Gasteiger partial charge in [0.2, 0.25) is 0 Å². The van der Waals surface area contributed by atoms with Crippen LogP contribution in [0.4, 0.5) is 0 Å². The molecule has 0 saturated heterocycles. The summed E-state index contributed by atoms with van der Waals surface area (Å²) in [5, 5.41) is 5.24. The molecule has 0 aromatic heterocycles. The number of hydrogen-bond acceptors (Lipinski definition) is 0. The Morgan fingerprint density at radius 3 is 1.59 bits per heavy atom. The first-order chi connectivity index (χ1) is 13.6. The highest BCUT2D eigenvalue weighted by Gasteiger charge is 2.40. The van der Waals surface area contributed by atoms with Crippen LogP contribution in [-0.2, 0) is 0 Å². The van der Waals surface area contributed by atoms with Crippen molar-refractivity contribution >= 4 is 26.5 Å². The normalized spacial score (nSPS) is 16.2. The zero-order valence-corrected chi connectivity index (χ0v) is 20.9. The van der Waals surface area contributed by atoms with E-state index in [1.807, 2.05) is 0 Å². The van der Waals surface area contributed by atoms with Crippen LogP contribution in [-0.4, -0.2) is 16.0 Å². The molecule has 3 rings (SSSR count). The monoisotopic (exact) mass is 422 g/mol. The highest BCUT2D eigenvalue weighted by molar-refractivity contribution is 7.76. The second kappa shape index (κ2) is 8.88. The van der Waals surface area contributed by atoms with Crippen LogP contribution in [0.5, 0.6) is 0 Å². The van der Waals surface area contributed by atoms with Gasteiger partial charge in [-0.05, 0) is 46.2 Å². The molecule has 0 amide bonds. The molecule has 1 aliphatic rings. The first-order valence-electron chi connectivity index (χ1n) is 10.7. The molecule has 1 aliphatic carbocycles. The summed E-state index contributed by atoms with van der Waals surface area (Å²) < 4.78 is 0. The Balaban J connectivity index is 2.13. The third-order valence-electron chi connectivity index (χ3n) is 5.52. The third kappa shape index (κ3) is 5.10. The van der Waals surface area contributed by atoms with Gasteiger partial charge in [0.1, 0.15) is 0 Å². The van der Waals surface area contributed by atoms with E-state index < -0.39 is 7.92 Å². The highest BCUT2D eigenvalue weighted by atomic mass is 31.1. The summed E-state index contributed by atoms with van der Waals surface area (Å²) >= 11 is 0. The maximum absolute atomic E-state index is 2.50. The summed E-state index contributed by atoms with van der Waals surface area (Å²) in [6.07, 6.45) is 5.95. The summed E-state index contributed by atoms with van der Waals surface area (Å²) in [6, 6.07) is 22.3. The van der Waals surface area contributed by atoms with Gasteiger partial charge in [-0.3, -0.25) is 0 Å². The van der Waals surface area contributed by atoms with Gasteiger partial charge in [-0.25, -0.2) is 0 Å². The van der Waals surface area contributed by atoms with E-state index in [1.165, 1.54) is 10.6 Å². The summed E-state index contributed by atoms with van der Waals surface area (Å²) in [5.74, 6) is 0. The van der Waals surface area contributed by atoms with E-state index in [4.69, 9.17) is 0 Å². The Kier molecular flexibility index (Phi) is 6.88. The number of allylic oxidation sites excluding steroid dienone is 4. The van der Waals surface area contributed by atoms with Crippen molar-refractivity contribution < 1.29 is 0 Å². The molecule has 0 unspecified atom stereocenters. The molecule has 29 heavy (non-hydrogen) atoms. The summed E-state index contributed by atoms with van der Waals surface area (Å²) in [5.41, 5.74) is 2.20. The van der Waals surface area contributed by atoms with Crippen LogP contribution in [0.15, 0.2) is 83.7 Å². The van der Waals surface area contributed by atoms with Gasteiger partial charge in [0.25, 0.3) is 0 Å². The minimum absolute atomic E-state index is 0.203. The fourth-order valence-electron chi connectivity index (χ4n) is 5.03. The summed E-state index contributed by atoms with van der Waals surface area (Å²) in [4.78, 5) is 0. The summed E-state index contributed by atoms with van der Waals surface area (Å²) in [6.45, 7) is 17.1. The molecule has 0 bridgehead atoms. The van der Waals surface area contributed by atoms with E-state index >= 15 is 0 Å². The molecule has 0 spiro atoms. The first kappa shape index (κ1) is 22.5. The van der Waals surface area contributed by atoms with Crippen molar-refractivity contribution in [1.82, 2.24) is 0 Å². The fraction of sp³-hybridized carbons (Fsp3) is 0.407. The lowest BCUT2D eigenvalue weighted by molar-refractivity contribution is 0.695. The lowest BCUT2D eigenvalue weighted by atomic mass is 10.2. The number of rotatable bonds is 5. The molecule has 0 heterocycles. The Hall–Kier alpha value is -1.22. The van der Waals surface area contributed by atoms with Crippen molar-refractivity contribution in [2.45, 2.75) is 70.9 Å². The maximum Gasteiger partial charge on any atom is 0.00262 e. The SMILES string of the molecule is C[C@H](C1=C(P(c2ccccc2)c2ccccc2)CC=C1)P(C(C)(C)C)C(C)(C)C. The van der Waals surface area contributed by atoms with Gasteiger partial charge >= 0.3 is 0 Å². The van der Waals surface area contributed by atoms with E-state index in [2.05, 4.69) is 121 Å². The van der Waals surface area contributed by atoms with Crippen LogP contribution >= 0.6 is 15.8 Å². The molecule has 0 fully saturated rings. The summed E-state index contributed by atoms with van der Waals surface area (Å²) in [7, 11) is -0.696. The largest absolute Gasteiger partial charge is 0.0882 e. The average molecular weight is 423 g/mol. The van der Waals surface area contributed by atoms with Gasteiger partial charge in [-0.2, -0.15) is 0 Å². The van der Waals surface area contributed by atoms with Gasteiger partial charge in [0, 0.05) is 5.66 Å². The van der Waals surface area contributed by atoms with Crippen LogP contribution in [0.25, 0.3) is 0 Å². The van der Waals surface area contributed by atoms with Crippen molar-refractivity contribution in [3.63, 3.8) is 0 Å². The third-order valence-corrected chi connectivity index (χ3v) is 12.1. The topological polar surface area (TPSA) is 0 Å². The standard InChI is InChI=1S/C27H36P2/c1-21(29(26(2,3)4)27(5,6)7)24-19-14-20-25(24)28(22-15-10-8-11-16-22)23-17-12-9-13-18-23/h8-19,21H,20H2,1-7H3/t21-/m1/s1. The van der Waals surface area contributed by atoms with Crippen LogP contribution in [0, 0.1) is 0 Å². The molecule has 0 saturated carbocycles. The maximum atomic E-state index is 2.50. The first-order valence-corrected chi connectivity index (χ1v) is 13.4. The van der Waals surface area contributed by atoms with E-state index in [-0.39, 0.29) is 7.92 Å². The van der Waals surface area contributed by atoms with Crippen LogP contribution < -0.4 is 10.6 Å². The Morgan fingerprint density at radius 1 is 0.724 bits per heavy atom. The minimum atomic E-state index is -0.493. The second-order valence-electron chi connectivity index (χ2n) is 9.90. The molecule has 154 valence electrons. The molecule has 0 nitrogen and oxygen atoms in total. The number of benzene rings is 2. The Labute approximate surface area is 181 Å². The van der Waals surface area contributed by atoms with E-state index in [0.29, 0.717) is 16.0 Å². The molecule has 0 aliphatic heterocycles. The highest BCUT2D eigenvalue weighted by Crippen LogP contribution is 2.65. The molecule has 2 heteroatoms. The molecule has 2 aromatic carbocycles. The van der Waals surface area contributed by atoms with Gasteiger partial charge in [-0.1, -0.05) is 129 Å². The second-order valence-corrected chi connectivity index (χ2v) is 16.3. The van der Waals surface area contributed by atoms with E-state index in [9.17, 15) is 0 Å². The van der Waals surface area contributed by atoms with Gasteiger partial charge in [0.15, 0.2) is 0 Å². The van der Waals surface area contributed by atoms with Gasteiger partial charge in [0.05, 0.1) is 0 Å².